The van der Waals surface area contributed by atoms with Gasteiger partial charge in [-0.2, -0.15) is 0 Å². The molecule has 0 aromatic heterocycles. The number of hydrogen-bond donors (Lipinski definition) is 0. The van der Waals surface area contributed by atoms with Crippen molar-refractivity contribution >= 4 is 9.84 Å². The molecule has 1 aromatic carbocycles. The fraction of sp³-hybridized carbons (Fsp3) is 0.500. The number of halogens is 1. The van der Waals surface area contributed by atoms with E-state index in [0.717, 1.165) is 12.1 Å². The average molecular weight is 260 g/mol. The lowest BCUT2D eigenvalue weighted by atomic mass is 10.1. The van der Waals surface area contributed by atoms with Gasteiger partial charge >= 0.3 is 0 Å². The van der Waals surface area contributed by atoms with Crippen molar-refractivity contribution in [1.29, 1.82) is 0 Å². The van der Waals surface area contributed by atoms with Crippen molar-refractivity contribution in [3.05, 3.63) is 30.1 Å². The summed E-state index contributed by atoms with van der Waals surface area (Å²) in [5.41, 5.74) is -0.479. The molecule has 0 atom stereocenters. The summed E-state index contributed by atoms with van der Waals surface area (Å²) < 4.78 is 41.7. The van der Waals surface area contributed by atoms with E-state index in [2.05, 4.69) is 0 Å². The summed E-state index contributed by atoms with van der Waals surface area (Å²) in [5.74, 6) is -0.458. The number of sulfone groups is 1. The molecule has 0 N–H and O–H groups in total. The highest BCUT2D eigenvalue weighted by Crippen LogP contribution is 2.18. The Morgan fingerprint density at radius 3 is 2.24 bits per heavy atom. The second kappa shape index (κ2) is 5.14. The van der Waals surface area contributed by atoms with Crippen LogP contribution in [0.5, 0.6) is 0 Å². The number of ether oxygens (including phenoxy) is 1. The summed E-state index contributed by atoms with van der Waals surface area (Å²) in [7, 11) is -1.82. The first-order valence-corrected chi connectivity index (χ1v) is 6.95. The molecule has 0 unspecified atom stereocenters. The third kappa shape index (κ3) is 4.09. The average Bonchev–Trinajstić information content (AvgIpc) is 2.27. The van der Waals surface area contributed by atoms with Crippen LogP contribution in [0, 0.1) is 5.82 Å². The SMILES string of the molecule is COC(C)(C)CCS(=O)(=O)c1ccc(F)cc1. The molecule has 0 amide bonds. The van der Waals surface area contributed by atoms with Gasteiger partial charge < -0.3 is 4.74 Å². The van der Waals surface area contributed by atoms with E-state index in [1.165, 1.54) is 12.1 Å². The molecule has 5 heteroatoms. The van der Waals surface area contributed by atoms with Crippen molar-refractivity contribution in [3.8, 4) is 0 Å². The normalized spacial score (nSPS) is 12.7. The Morgan fingerprint density at radius 2 is 1.76 bits per heavy atom. The van der Waals surface area contributed by atoms with Crippen LogP contribution >= 0.6 is 0 Å². The fourth-order valence-electron chi connectivity index (χ4n) is 1.24. The van der Waals surface area contributed by atoms with E-state index in [0.29, 0.717) is 6.42 Å². The van der Waals surface area contributed by atoms with Crippen LogP contribution in [0.4, 0.5) is 4.39 Å². The van der Waals surface area contributed by atoms with Crippen LogP contribution in [-0.2, 0) is 14.6 Å². The molecule has 0 saturated heterocycles. The van der Waals surface area contributed by atoms with Crippen LogP contribution < -0.4 is 0 Å². The maximum atomic E-state index is 12.7. The predicted octanol–water partition coefficient (Wildman–Crippen LogP) is 2.41. The van der Waals surface area contributed by atoms with Gasteiger partial charge in [0, 0.05) is 7.11 Å². The first kappa shape index (κ1) is 14.1. The lowest BCUT2D eigenvalue weighted by Gasteiger charge is -2.22. The molecule has 0 radical (unpaired) electrons. The van der Waals surface area contributed by atoms with Gasteiger partial charge in [-0.3, -0.25) is 0 Å². The van der Waals surface area contributed by atoms with Crippen molar-refractivity contribution in [1.82, 2.24) is 0 Å². The Balaban J connectivity index is 2.79. The molecule has 0 saturated carbocycles. The highest BCUT2D eigenvalue weighted by molar-refractivity contribution is 7.91. The molecule has 17 heavy (non-hydrogen) atoms. The van der Waals surface area contributed by atoms with E-state index in [4.69, 9.17) is 4.74 Å². The van der Waals surface area contributed by atoms with Gasteiger partial charge in [0.1, 0.15) is 5.82 Å². The van der Waals surface area contributed by atoms with Gasteiger partial charge in [-0.05, 0) is 44.5 Å². The van der Waals surface area contributed by atoms with Gasteiger partial charge in [-0.25, -0.2) is 12.8 Å². The maximum absolute atomic E-state index is 12.7. The standard InChI is InChI=1S/C12H17FO3S/c1-12(2,16-3)8-9-17(14,15)11-6-4-10(13)5-7-11/h4-7H,8-9H2,1-3H3. The van der Waals surface area contributed by atoms with Crippen LogP contribution in [0.2, 0.25) is 0 Å². The summed E-state index contributed by atoms with van der Waals surface area (Å²) in [6.45, 7) is 3.65. The fourth-order valence-corrected chi connectivity index (χ4v) is 2.79. The van der Waals surface area contributed by atoms with Crippen molar-refractivity contribution in [2.75, 3.05) is 12.9 Å². The zero-order valence-electron chi connectivity index (χ0n) is 10.2. The number of rotatable bonds is 5. The monoisotopic (exact) mass is 260 g/mol. The molecular weight excluding hydrogens is 243 g/mol. The summed E-state index contributed by atoms with van der Waals surface area (Å²) in [4.78, 5) is 0.144. The molecule has 0 aliphatic carbocycles. The molecule has 0 aliphatic rings. The van der Waals surface area contributed by atoms with Crippen LogP contribution in [0.1, 0.15) is 20.3 Å². The first-order chi connectivity index (χ1) is 7.77. The Labute approximate surface area is 102 Å². The van der Waals surface area contributed by atoms with Crippen LogP contribution in [-0.4, -0.2) is 26.9 Å². The third-order valence-electron chi connectivity index (χ3n) is 2.70. The highest BCUT2D eigenvalue weighted by Gasteiger charge is 2.22. The lowest BCUT2D eigenvalue weighted by Crippen LogP contribution is -2.26. The summed E-state index contributed by atoms with van der Waals surface area (Å²) in [6, 6.07) is 4.86. The summed E-state index contributed by atoms with van der Waals surface area (Å²) in [6.07, 6.45) is 0.392. The Bertz CT molecular complexity index is 463. The van der Waals surface area contributed by atoms with E-state index < -0.39 is 21.3 Å². The highest BCUT2D eigenvalue weighted by atomic mass is 32.2. The van der Waals surface area contributed by atoms with E-state index in [9.17, 15) is 12.8 Å². The number of benzene rings is 1. The van der Waals surface area contributed by atoms with E-state index >= 15 is 0 Å². The van der Waals surface area contributed by atoms with Crippen molar-refractivity contribution in [3.63, 3.8) is 0 Å². The molecule has 0 bridgehead atoms. The molecule has 96 valence electrons. The van der Waals surface area contributed by atoms with E-state index in [1.807, 2.05) is 13.8 Å². The largest absolute Gasteiger partial charge is 0.379 e. The summed E-state index contributed by atoms with van der Waals surface area (Å²) >= 11 is 0. The minimum atomic E-state index is -3.37. The third-order valence-corrected chi connectivity index (χ3v) is 4.43. The quantitative estimate of drug-likeness (QED) is 0.764. The molecule has 0 spiro atoms. The molecule has 3 nitrogen and oxygen atoms in total. The Hall–Kier alpha value is -0.940. The van der Waals surface area contributed by atoms with Gasteiger partial charge in [0.25, 0.3) is 0 Å². The summed E-state index contributed by atoms with van der Waals surface area (Å²) in [5, 5.41) is 0. The molecule has 0 fully saturated rings. The van der Waals surface area contributed by atoms with Gasteiger partial charge in [-0.15, -0.1) is 0 Å². The van der Waals surface area contributed by atoms with Crippen molar-refractivity contribution in [2.24, 2.45) is 0 Å². The topological polar surface area (TPSA) is 43.4 Å². The van der Waals surface area contributed by atoms with Crippen molar-refractivity contribution < 1.29 is 17.5 Å². The molecule has 1 rings (SSSR count). The van der Waals surface area contributed by atoms with Gasteiger partial charge in [-0.1, -0.05) is 0 Å². The smallest absolute Gasteiger partial charge is 0.178 e. The second-order valence-electron chi connectivity index (χ2n) is 4.49. The van der Waals surface area contributed by atoms with Gasteiger partial charge in [0.2, 0.25) is 0 Å². The van der Waals surface area contributed by atoms with Crippen molar-refractivity contribution in [2.45, 2.75) is 30.8 Å². The number of methoxy groups -OCH3 is 1. The van der Waals surface area contributed by atoms with Crippen LogP contribution in [0.25, 0.3) is 0 Å². The van der Waals surface area contributed by atoms with E-state index in [1.54, 1.807) is 7.11 Å². The van der Waals surface area contributed by atoms with E-state index in [-0.39, 0.29) is 10.6 Å². The van der Waals surface area contributed by atoms with Gasteiger partial charge in [0.05, 0.1) is 16.2 Å². The zero-order chi connectivity index (χ0) is 13.1. The minimum absolute atomic E-state index is 0.0144. The maximum Gasteiger partial charge on any atom is 0.178 e. The zero-order valence-corrected chi connectivity index (χ0v) is 11.1. The Morgan fingerprint density at radius 1 is 1.24 bits per heavy atom. The molecule has 1 aromatic rings. The van der Waals surface area contributed by atoms with Crippen LogP contribution in [0.3, 0.4) is 0 Å². The molecular formula is C12H17FO3S. The van der Waals surface area contributed by atoms with Crippen LogP contribution in [0.15, 0.2) is 29.2 Å². The second-order valence-corrected chi connectivity index (χ2v) is 6.60. The Kier molecular flexibility index (Phi) is 4.27. The predicted molar refractivity (Wildman–Crippen MR) is 64.2 cm³/mol. The molecule has 0 heterocycles. The minimum Gasteiger partial charge on any atom is -0.379 e. The molecule has 0 aliphatic heterocycles. The first-order valence-electron chi connectivity index (χ1n) is 5.30. The van der Waals surface area contributed by atoms with Gasteiger partial charge in [0.15, 0.2) is 9.84 Å². The lowest BCUT2D eigenvalue weighted by molar-refractivity contribution is 0.0203. The number of hydrogen-bond acceptors (Lipinski definition) is 3.